The van der Waals surface area contributed by atoms with Crippen LogP contribution in [0.5, 0.6) is 0 Å². The molecule has 2 aromatic carbocycles. The lowest BCUT2D eigenvalue weighted by Gasteiger charge is -2.16. The van der Waals surface area contributed by atoms with Gasteiger partial charge in [-0.15, -0.1) is 0 Å². The van der Waals surface area contributed by atoms with Gasteiger partial charge in [0.05, 0.1) is 57.3 Å². The first kappa shape index (κ1) is 47.0. The number of rotatable bonds is 12. The molecule has 6 N–H and O–H groups in total. The fourth-order valence-electron chi connectivity index (χ4n) is 6.43. The molecule has 2 aliphatic rings. The Hall–Kier alpha value is -5.37. The number of amides is 2. The van der Waals surface area contributed by atoms with Gasteiger partial charge in [-0.2, -0.15) is 0 Å². The minimum absolute atomic E-state index is 0. The lowest BCUT2D eigenvalue weighted by molar-refractivity contribution is -0.121. The van der Waals surface area contributed by atoms with E-state index in [9.17, 15) is 9.59 Å². The molecule has 13 nitrogen and oxygen atoms in total. The van der Waals surface area contributed by atoms with Crippen molar-refractivity contribution in [2.45, 2.75) is 90.9 Å². The van der Waals surface area contributed by atoms with E-state index >= 15 is 0 Å². The molecule has 308 valence electrons. The van der Waals surface area contributed by atoms with E-state index in [0.717, 1.165) is 66.5 Å². The molecule has 4 aromatic heterocycles. The molecule has 16 heteroatoms. The molecular weight excluding hydrogens is 801 g/mol. The van der Waals surface area contributed by atoms with Gasteiger partial charge in [0.1, 0.15) is 18.4 Å². The number of carbonyl (C=O) groups excluding carboxylic acids is 2. The number of anilines is 1. The van der Waals surface area contributed by atoms with E-state index in [1.807, 2.05) is 48.5 Å². The maximum absolute atomic E-state index is 11.9. The Labute approximate surface area is 354 Å². The number of nitrogens with two attached hydrogens (primary N) is 3. The number of halogens is 3. The average Bonchev–Trinajstić information content (AvgIpc) is 4.07. The van der Waals surface area contributed by atoms with E-state index in [0.29, 0.717) is 46.7 Å². The molecule has 2 amide bonds. The Morgan fingerprint density at radius 2 is 1.12 bits per heavy atom. The van der Waals surface area contributed by atoms with E-state index in [-0.39, 0.29) is 45.4 Å². The van der Waals surface area contributed by atoms with Crippen molar-refractivity contribution in [2.75, 3.05) is 5.73 Å². The molecule has 6 aromatic rings. The van der Waals surface area contributed by atoms with Crippen LogP contribution in [0.25, 0.3) is 0 Å². The van der Waals surface area contributed by atoms with Gasteiger partial charge in [-0.1, -0.05) is 94.0 Å². The van der Waals surface area contributed by atoms with Crippen LogP contribution >= 0.6 is 34.8 Å². The zero-order chi connectivity index (χ0) is 39.0. The number of benzene rings is 2. The molecule has 8 rings (SSSR count). The maximum atomic E-state index is 11.9. The lowest BCUT2D eigenvalue weighted by atomic mass is 9.88. The van der Waals surface area contributed by atoms with E-state index in [1.54, 1.807) is 12.4 Å². The summed E-state index contributed by atoms with van der Waals surface area (Å²) >= 11 is 18.2. The second-order valence-electron chi connectivity index (χ2n) is 13.2. The molecule has 2 fully saturated rings. The summed E-state index contributed by atoms with van der Waals surface area (Å²) < 4.78 is 9.75. The molecule has 0 atom stereocenters. The van der Waals surface area contributed by atoms with Crippen molar-refractivity contribution in [1.29, 1.82) is 0 Å². The third-order valence-electron chi connectivity index (χ3n) is 9.67. The van der Waals surface area contributed by atoms with Crippen molar-refractivity contribution < 1.29 is 18.4 Å². The number of aryl methyl sites for hydroxylation is 4. The van der Waals surface area contributed by atoms with Gasteiger partial charge in [0.25, 0.3) is 6.01 Å². The number of hydrogen-bond donors (Lipinski definition) is 3. The highest BCUT2D eigenvalue weighted by atomic mass is 35.5. The second-order valence-corrected chi connectivity index (χ2v) is 14.3. The molecule has 0 spiro atoms. The number of hydrogen-bond acceptors (Lipinski definition) is 11. The van der Waals surface area contributed by atoms with Crippen LogP contribution in [0.15, 0.2) is 94.7 Å². The Morgan fingerprint density at radius 1 is 0.638 bits per heavy atom. The Balaban J connectivity index is 0.000000262. The normalized spacial score (nSPS) is 13.7. The summed E-state index contributed by atoms with van der Waals surface area (Å²) in [6.45, 7) is 0. The quantitative estimate of drug-likeness (QED) is 0.0996. The zero-order valence-electron chi connectivity index (χ0n) is 29.6. The molecule has 2 aliphatic carbocycles. The Bertz CT molecular complexity index is 2240. The Kier molecular flexibility index (Phi) is 16.9. The van der Waals surface area contributed by atoms with Gasteiger partial charge in [0.15, 0.2) is 0 Å². The monoisotopic (exact) mass is 849 g/mol. The van der Waals surface area contributed by atoms with E-state index < -0.39 is 10.8 Å². The smallest absolute Gasteiger partial charge is 0.291 e. The summed E-state index contributed by atoms with van der Waals surface area (Å²) in [6, 6.07) is 16.1. The van der Waals surface area contributed by atoms with E-state index in [4.69, 9.17) is 56.4 Å². The van der Waals surface area contributed by atoms with Crippen molar-refractivity contribution in [1.82, 2.24) is 29.9 Å². The van der Waals surface area contributed by atoms with Gasteiger partial charge in [-0.3, -0.25) is 9.59 Å². The zero-order valence-corrected chi connectivity index (χ0v) is 31.9. The number of oxazole rings is 2. The fourth-order valence-corrected chi connectivity index (χ4v) is 6.95. The molecule has 58 heavy (non-hydrogen) atoms. The highest BCUT2D eigenvalue weighted by Crippen LogP contribution is 2.50. The number of primary amides is 2. The largest absolute Gasteiger partial charge is 0.449 e. The third-order valence-corrected chi connectivity index (χ3v) is 10.5. The van der Waals surface area contributed by atoms with Crippen molar-refractivity contribution in [3.63, 3.8) is 0 Å². The number of nitrogens with zero attached hydrogens (tertiary/aromatic N) is 6. The average molecular weight is 851 g/mol. The summed E-state index contributed by atoms with van der Waals surface area (Å²) in [6.07, 6.45) is 15.6. The molecule has 0 bridgehead atoms. The van der Waals surface area contributed by atoms with Crippen molar-refractivity contribution in [2.24, 2.45) is 11.5 Å². The van der Waals surface area contributed by atoms with Gasteiger partial charge >= 0.3 is 0 Å². The van der Waals surface area contributed by atoms with Gasteiger partial charge < -0.3 is 26.0 Å². The highest BCUT2D eigenvalue weighted by Gasteiger charge is 2.51. The third kappa shape index (κ3) is 11.4. The molecule has 4 heterocycles. The first-order valence-corrected chi connectivity index (χ1v) is 18.6. The summed E-state index contributed by atoms with van der Waals surface area (Å²) in [4.78, 5) is 48.2. The summed E-state index contributed by atoms with van der Waals surface area (Å²) in [5.41, 5.74) is 21.0. The van der Waals surface area contributed by atoms with Crippen LogP contribution in [-0.4, -0.2) is 41.7 Å². The molecule has 0 aliphatic heterocycles. The van der Waals surface area contributed by atoms with Crippen LogP contribution < -0.4 is 17.2 Å². The molecule has 2 saturated carbocycles. The minimum atomic E-state index is -0.498. The van der Waals surface area contributed by atoms with Crippen LogP contribution in [0.2, 0.25) is 15.3 Å². The predicted molar refractivity (Wildman–Crippen MR) is 227 cm³/mol. The fraction of sp³-hybridized carbons (Fsp3) is 0.333. The van der Waals surface area contributed by atoms with E-state index in [1.165, 1.54) is 24.9 Å². The van der Waals surface area contributed by atoms with Crippen molar-refractivity contribution in [3.05, 3.63) is 147 Å². The predicted octanol–water partition coefficient (Wildman–Crippen LogP) is 8.26. The van der Waals surface area contributed by atoms with Gasteiger partial charge in [0.2, 0.25) is 23.0 Å². The van der Waals surface area contributed by atoms with Crippen molar-refractivity contribution >= 4 is 52.6 Å². The number of nitrogen functional groups attached to an aromatic ring is 1. The summed E-state index contributed by atoms with van der Waals surface area (Å²) in [5.74, 6) is 0.679. The topological polar surface area (TPSA) is 216 Å². The molecule has 0 saturated heterocycles. The van der Waals surface area contributed by atoms with E-state index in [2.05, 4.69) is 34.3 Å². The standard InChI is InChI=1S/C20H19ClN4O2.C16H15Cl2N3O.C3H4N2O.3CH4/c21-15-12-24-17(11-18-23-9-10-27-18)25-16(15)6-5-13-3-1-2-4-14(13)20(7-8-20)19(22)26;17-12-9-20-15(18)21-13(12)6-5-10-3-1-2-4-11(10)16(7-8-16)14(19)22;4-3-5-1-2-6-3;;;/h1-4,9-10,12H,5-8,11H2,(H2,22,26);1-4,9H,5-8H2,(H2,19,22);1-2H,(H2,4,5);3*1H4. The van der Waals surface area contributed by atoms with Crippen LogP contribution in [0.1, 0.15) is 93.3 Å². The van der Waals surface area contributed by atoms with Gasteiger partial charge in [0, 0.05) is 6.20 Å². The van der Waals surface area contributed by atoms with Crippen LogP contribution in [0, 0.1) is 0 Å². The highest BCUT2D eigenvalue weighted by molar-refractivity contribution is 6.32. The minimum Gasteiger partial charge on any atom is -0.449 e. The Morgan fingerprint density at radius 3 is 1.55 bits per heavy atom. The first-order valence-electron chi connectivity index (χ1n) is 17.5. The van der Waals surface area contributed by atoms with Gasteiger partial charge in [-0.05, 0) is 85.2 Å². The SMILES string of the molecule is C.C.C.NC(=O)C1(c2ccccc2CCc2nc(Cc3ncco3)ncc2Cl)CC1.NC(=O)C1(c2ccccc2CCc2nc(Cl)ncc2Cl)CC1.Nc1ncco1. The van der Waals surface area contributed by atoms with Gasteiger partial charge in [-0.25, -0.2) is 29.9 Å². The maximum Gasteiger partial charge on any atom is 0.291 e. The molecular formula is C42H50Cl3N9O4. The first-order chi connectivity index (χ1) is 26.5. The van der Waals surface area contributed by atoms with Crippen LogP contribution in [-0.2, 0) is 52.5 Å². The lowest BCUT2D eigenvalue weighted by Crippen LogP contribution is -2.29. The molecule has 0 unspecified atom stereocenters. The van der Waals surface area contributed by atoms with Crippen LogP contribution in [0.4, 0.5) is 6.01 Å². The summed E-state index contributed by atoms with van der Waals surface area (Å²) in [7, 11) is 0. The van der Waals surface area contributed by atoms with Crippen LogP contribution in [0.3, 0.4) is 0 Å². The number of carbonyl (C=O) groups is 2. The van der Waals surface area contributed by atoms with Crippen molar-refractivity contribution in [3.8, 4) is 0 Å². The second kappa shape index (κ2) is 20.9. The number of aromatic nitrogens is 6. The summed E-state index contributed by atoms with van der Waals surface area (Å²) in [5, 5.41) is 1.21. The molecule has 0 radical (unpaired) electrons.